The highest BCUT2D eigenvalue weighted by molar-refractivity contribution is 5.81. The van der Waals surface area contributed by atoms with Crippen LogP contribution < -0.4 is 16.8 Å². The molecule has 0 bridgehead atoms. The molecule has 1 rings (SSSR count). The fourth-order valence-corrected chi connectivity index (χ4v) is 1.33. The van der Waals surface area contributed by atoms with Gasteiger partial charge in [-0.1, -0.05) is 12.1 Å². The van der Waals surface area contributed by atoms with Crippen molar-refractivity contribution in [3.8, 4) is 0 Å². The van der Waals surface area contributed by atoms with Gasteiger partial charge in [-0.2, -0.15) is 0 Å². The average molecular weight is 238 g/mol. The molecule has 0 aliphatic rings. The lowest BCUT2D eigenvalue weighted by Crippen LogP contribution is -2.44. The second-order valence-corrected chi connectivity index (χ2v) is 3.48. The molecule has 1 aromatic carbocycles. The molecule has 1 unspecified atom stereocenters. The fourth-order valence-electron chi connectivity index (χ4n) is 1.33. The number of carbonyl (C=O) groups is 1. The molecule has 0 saturated carbocycles. The number of benzene rings is 1. The molecule has 1 amide bonds. The van der Waals surface area contributed by atoms with E-state index < -0.39 is 11.0 Å². The summed E-state index contributed by atoms with van der Waals surface area (Å²) in [6.45, 7) is 0.0345. The SMILES string of the molecule is NCNC(=O)C(N)Cc1ccc([N+](=O)[O-])cc1. The predicted octanol–water partition coefficient (Wildman–Crippen LogP) is -0.503. The van der Waals surface area contributed by atoms with Crippen molar-refractivity contribution in [2.45, 2.75) is 12.5 Å². The molecule has 92 valence electrons. The van der Waals surface area contributed by atoms with Crippen LogP contribution in [-0.4, -0.2) is 23.5 Å². The van der Waals surface area contributed by atoms with E-state index in [0.717, 1.165) is 5.56 Å². The van der Waals surface area contributed by atoms with Crippen molar-refractivity contribution < 1.29 is 9.72 Å². The third-order valence-electron chi connectivity index (χ3n) is 2.22. The lowest BCUT2D eigenvalue weighted by Gasteiger charge is -2.10. The van der Waals surface area contributed by atoms with Crippen molar-refractivity contribution in [3.63, 3.8) is 0 Å². The molecule has 7 nitrogen and oxygen atoms in total. The Labute approximate surface area is 97.9 Å². The van der Waals surface area contributed by atoms with E-state index in [2.05, 4.69) is 5.32 Å². The van der Waals surface area contributed by atoms with Crippen LogP contribution in [0.5, 0.6) is 0 Å². The minimum absolute atomic E-state index is 0.00808. The van der Waals surface area contributed by atoms with Gasteiger partial charge in [0.2, 0.25) is 5.91 Å². The zero-order valence-corrected chi connectivity index (χ0v) is 9.13. The molecule has 0 saturated heterocycles. The van der Waals surface area contributed by atoms with E-state index >= 15 is 0 Å². The van der Waals surface area contributed by atoms with Crippen molar-refractivity contribution >= 4 is 11.6 Å². The Morgan fingerprint density at radius 1 is 1.41 bits per heavy atom. The summed E-state index contributed by atoms with van der Waals surface area (Å²) in [4.78, 5) is 21.2. The van der Waals surface area contributed by atoms with Gasteiger partial charge in [-0.15, -0.1) is 0 Å². The smallest absolute Gasteiger partial charge is 0.269 e. The molecule has 0 fully saturated rings. The maximum atomic E-state index is 11.3. The van der Waals surface area contributed by atoms with Crippen LogP contribution in [0.3, 0.4) is 0 Å². The summed E-state index contributed by atoms with van der Waals surface area (Å²) in [5.41, 5.74) is 11.6. The molecule has 5 N–H and O–H groups in total. The standard InChI is InChI=1S/C10H14N4O3/c11-6-13-10(15)9(12)5-7-1-3-8(4-2-7)14(16)17/h1-4,9H,5-6,11-12H2,(H,13,15). The topological polar surface area (TPSA) is 124 Å². The first-order valence-corrected chi connectivity index (χ1v) is 5.01. The van der Waals surface area contributed by atoms with Crippen LogP contribution in [0.15, 0.2) is 24.3 Å². The van der Waals surface area contributed by atoms with Gasteiger partial charge in [0.05, 0.1) is 17.6 Å². The van der Waals surface area contributed by atoms with Crippen LogP contribution >= 0.6 is 0 Å². The summed E-state index contributed by atoms with van der Waals surface area (Å²) in [5, 5.41) is 12.8. The van der Waals surface area contributed by atoms with Gasteiger partial charge >= 0.3 is 0 Å². The van der Waals surface area contributed by atoms with Crippen molar-refractivity contribution in [1.29, 1.82) is 0 Å². The minimum Gasteiger partial charge on any atom is -0.342 e. The van der Waals surface area contributed by atoms with E-state index in [4.69, 9.17) is 11.5 Å². The summed E-state index contributed by atoms with van der Waals surface area (Å²) in [6, 6.07) is 5.20. The molecule has 0 aliphatic carbocycles. The molecule has 0 spiro atoms. The molecule has 0 heterocycles. The van der Waals surface area contributed by atoms with Gasteiger partial charge in [0, 0.05) is 12.1 Å². The Bertz CT molecular complexity index is 405. The quantitative estimate of drug-likeness (QED) is 0.362. The lowest BCUT2D eigenvalue weighted by molar-refractivity contribution is -0.384. The van der Waals surface area contributed by atoms with Crippen LogP contribution in [0.1, 0.15) is 5.56 Å². The number of nitrogens with zero attached hydrogens (tertiary/aromatic N) is 1. The Morgan fingerprint density at radius 3 is 2.47 bits per heavy atom. The number of hydrogen-bond acceptors (Lipinski definition) is 5. The van der Waals surface area contributed by atoms with Gasteiger partial charge < -0.3 is 16.8 Å². The van der Waals surface area contributed by atoms with E-state index in [1.807, 2.05) is 0 Å². The molecule has 1 atom stereocenters. The second kappa shape index (κ2) is 5.92. The van der Waals surface area contributed by atoms with E-state index in [1.54, 1.807) is 12.1 Å². The molecular weight excluding hydrogens is 224 g/mol. The van der Waals surface area contributed by atoms with Gasteiger partial charge in [-0.05, 0) is 12.0 Å². The molecule has 0 radical (unpaired) electrons. The normalized spacial score (nSPS) is 11.9. The first-order chi connectivity index (χ1) is 8.04. The van der Waals surface area contributed by atoms with Gasteiger partial charge in [-0.25, -0.2) is 0 Å². The highest BCUT2D eigenvalue weighted by atomic mass is 16.6. The van der Waals surface area contributed by atoms with Gasteiger partial charge in [0.15, 0.2) is 0 Å². The largest absolute Gasteiger partial charge is 0.342 e. The lowest BCUT2D eigenvalue weighted by atomic mass is 10.1. The number of rotatable bonds is 5. The van der Waals surface area contributed by atoms with E-state index in [-0.39, 0.29) is 18.3 Å². The number of hydrogen-bond donors (Lipinski definition) is 3. The third kappa shape index (κ3) is 3.82. The average Bonchev–Trinajstić information content (AvgIpc) is 2.30. The zero-order valence-electron chi connectivity index (χ0n) is 9.13. The number of nitro benzene ring substituents is 1. The van der Waals surface area contributed by atoms with Crippen LogP contribution in [0.2, 0.25) is 0 Å². The monoisotopic (exact) mass is 238 g/mol. The van der Waals surface area contributed by atoms with Crippen molar-refractivity contribution in [2.24, 2.45) is 11.5 Å². The summed E-state index contributed by atoms with van der Waals surface area (Å²) >= 11 is 0. The van der Waals surface area contributed by atoms with Crippen molar-refractivity contribution in [1.82, 2.24) is 5.32 Å². The summed E-state index contributed by atoms with van der Waals surface area (Å²) < 4.78 is 0. The third-order valence-corrected chi connectivity index (χ3v) is 2.22. The molecule has 0 aromatic heterocycles. The van der Waals surface area contributed by atoms with Crippen LogP contribution in [0, 0.1) is 10.1 Å². The Kier molecular flexibility index (Phi) is 4.56. The molecule has 0 aliphatic heterocycles. The zero-order chi connectivity index (χ0) is 12.8. The Balaban J connectivity index is 2.63. The summed E-state index contributed by atoms with van der Waals surface area (Å²) in [6.07, 6.45) is 0.309. The van der Waals surface area contributed by atoms with Gasteiger partial charge in [-0.3, -0.25) is 14.9 Å². The van der Waals surface area contributed by atoms with Gasteiger partial charge in [0.1, 0.15) is 0 Å². The van der Waals surface area contributed by atoms with Crippen LogP contribution in [-0.2, 0) is 11.2 Å². The highest BCUT2D eigenvalue weighted by Gasteiger charge is 2.13. The van der Waals surface area contributed by atoms with Crippen molar-refractivity contribution in [2.75, 3.05) is 6.67 Å². The molecule has 17 heavy (non-hydrogen) atoms. The number of nitrogens with one attached hydrogen (secondary N) is 1. The molecular formula is C10H14N4O3. The summed E-state index contributed by atoms with van der Waals surface area (Å²) in [5.74, 6) is -0.342. The number of nitro groups is 1. The number of non-ortho nitro benzene ring substituents is 1. The maximum Gasteiger partial charge on any atom is 0.269 e. The Morgan fingerprint density at radius 2 is 2.00 bits per heavy atom. The van der Waals surface area contributed by atoms with E-state index in [0.29, 0.717) is 6.42 Å². The van der Waals surface area contributed by atoms with Crippen LogP contribution in [0.25, 0.3) is 0 Å². The van der Waals surface area contributed by atoms with Crippen molar-refractivity contribution in [3.05, 3.63) is 39.9 Å². The molecule has 7 heteroatoms. The van der Waals surface area contributed by atoms with E-state index in [9.17, 15) is 14.9 Å². The first kappa shape index (κ1) is 13.1. The number of amides is 1. The summed E-state index contributed by atoms with van der Waals surface area (Å²) in [7, 11) is 0. The fraction of sp³-hybridized carbons (Fsp3) is 0.300. The molecule has 1 aromatic rings. The number of nitrogens with two attached hydrogens (primary N) is 2. The van der Waals surface area contributed by atoms with Crippen LogP contribution in [0.4, 0.5) is 5.69 Å². The predicted molar refractivity (Wildman–Crippen MR) is 62.0 cm³/mol. The van der Waals surface area contributed by atoms with Gasteiger partial charge in [0.25, 0.3) is 5.69 Å². The minimum atomic E-state index is -0.708. The number of carbonyl (C=O) groups excluding carboxylic acids is 1. The highest BCUT2D eigenvalue weighted by Crippen LogP contribution is 2.12. The Hall–Kier alpha value is -1.99. The van der Waals surface area contributed by atoms with E-state index in [1.165, 1.54) is 12.1 Å². The second-order valence-electron chi connectivity index (χ2n) is 3.48. The first-order valence-electron chi connectivity index (χ1n) is 5.01. The maximum absolute atomic E-state index is 11.3.